The third-order valence-electron chi connectivity index (χ3n) is 3.45. The number of nitrogens with zero attached hydrogens (tertiary/aromatic N) is 3. The second kappa shape index (κ2) is 7.67. The summed E-state index contributed by atoms with van der Waals surface area (Å²) in [5.74, 6) is 1.63. The molecule has 0 radical (unpaired) electrons. The van der Waals surface area contributed by atoms with Gasteiger partial charge < -0.3 is 9.73 Å². The number of rotatable bonds is 7. The lowest BCUT2D eigenvalue weighted by Crippen LogP contribution is -2.27. The third kappa shape index (κ3) is 3.70. The van der Waals surface area contributed by atoms with Crippen LogP contribution in [0, 0.1) is 0 Å². The van der Waals surface area contributed by atoms with Gasteiger partial charge in [0.05, 0.1) is 18.1 Å². The van der Waals surface area contributed by atoms with Crippen molar-refractivity contribution in [1.82, 2.24) is 20.1 Å². The van der Waals surface area contributed by atoms with Gasteiger partial charge in [-0.2, -0.15) is 0 Å². The van der Waals surface area contributed by atoms with E-state index in [0.717, 1.165) is 4.88 Å². The van der Waals surface area contributed by atoms with Crippen LogP contribution < -0.4 is 5.32 Å². The fourth-order valence-electron chi connectivity index (χ4n) is 2.29. The van der Waals surface area contributed by atoms with Crippen molar-refractivity contribution >= 4 is 29.0 Å². The predicted molar refractivity (Wildman–Crippen MR) is 95.0 cm³/mol. The van der Waals surface area contributed by atoms with Gasteiger partial charge in [0.15, 0.2) is 16.7 Å². The van der Waals surface area contributed by atoms with Gasteiger partial charge in [-0.1, -0.05) is 17.8 Å². The van der Waals surface area contributed by atoms with Crippen LogP contribution in [0.25, 0.3) is 11.6 Å². The number of thioether (sulfide) groups is 1. The van der Waals surface area contributed by atoms with Crippen molar-refractivity contribution in [2.45, 2.75) is 31.6 Å². The number of nitrogens with one attached hydrogen (secondary N) is 1. The smallest absolute Gasteiger partial charge is 0.230 e. The summed E-state index contributed by atoms with van der Waals surface area (Å²) in [6.07, 6.45) is 1.61. The first-order chi connectivity index (χ1) is 11.7. The maximum absolute atomic E-state index is 12.2. The van der Waals surface area contributed by atoms with Gasteiger partial charge in [0.25, 0.3) is 0 Å². The number of amides is 1. The zero-order chi connectivity index (χ0) is 16.9. The van der Waals surface area contributed by atoms with E-state index in [-0.39, 0.29) is 11.9 Å². The van der Waals surface area contributed by atoms with Crippen LogP contribution in [0.5, 0.6) is 0 Å². The molecule has 0 aromatic carbocycles. The minimum atomic E-state index is -0.0221. The number of hydrogen-bond acceptors (Lipinski definition) is 6. The Bertz CT molecular complexity index is 781. The van der Waals surface area contributed by atoms with Gasteiger partial charge in [0, 0.05) is 11.4 Å². The Hall–Kier alpha value is -2.06. The fraction of sp³-hybridized carbons (Fsp3) is 0.312. The molecule has 1 N–H and O–H groups in total. The minimum Gasteiger partial charge on any atom is -0.461 e. The Morgan fingerprint density at radius 3 is 2.96 bits per heavy atom. The van der Waals surface area contributed by atoms with Crippen molar-refractivity contribution in [2.24, 2.45) is 0 Å². The van der Waals surface area contributed by atoms with Crippen LogP contribution in [-0.4, -0.2) is 26.4 Å². The van der Waals surface area contributed by atoms with Crippen molar-refractivity contribution in [3.8, 4) is 11.6 Å². The van der Waals surface area contributed by atoms with E-state index in [1.807, 2.05) is 48.1 Å². The molecule has 1 amide bonds. The molecule has 6 nitrogen and oxygen atoms in total. The molecule has 1 atom stereocenters. The maximum atomic E-state index is 12.2. The molecule has 0 unspecified atom stereocenters. The SMILES string of the molecule is CCn1c(SCC(=O)N[C@@H](C)c2cccs2)nnc1-c1ccco1. The molecule has 126 valence electrons. The first-order valence-corrected chi connectivity index (χ1v) is 9.48. The highest BCUT2D eigenvalue weighted by Gasteiger charge is 2.17. The molecule has 0 aliphatic heterocycles. The Kier molecular flexibility index (Phi) is 5.37. The van der Waals surface area contributed by atoms with Crippen molar-refractivity contribution in [2.75, 3.05) is 5.75 Å². The normalized spacial score (nSPS) is 12.2. The Morgan fingerprint density at radius 2 is 2.29 bits per heavy atom. The van der Waals surface area contributed by atoms with E-state index in [4.69, 9.17) is 4.42 Å². The average Bonchev–Trinajstić information content (AvgIpc) is 3.33. The summed E-state index contributed by atoms with van der Waals surface area (Å²) < 4.78 is 7.33. The molecular weight excluding hydrogens is 344 g/mol. The van der Waals surface area contributed by atoms with Crippen molar-refractivity contribution in [3.05, 3.63) is 40.8 Å². The molecule has 0 bridgehead atoms. The second-order valence-corrected chi connectivity index (χ2v) is 7.04. The quantitative estimate of drug-likeness (QED) is 0.650. The standard InChI is InChI=1S/C16H18N4O2S2/c1-3-20-15(12-6-4-8-22-12)18-19-16(20)24-10-14(21)17-11(2)13-7-5-9-23-13/h4-9,11H,3,10H2,1-2H3,(H,17,21)/t11-/m0/s1. The molecule has 24 heavy (non-hydrogen) atoms. The van der Waals surface area contributed by atoms with Crippen LogP contribution in [0.3, 0.4) is 0 Å². The molecule has 3 aromatic heterocycles. The van der Waals surface area contributed by atoms with Gasteiger partial charge in [-0.25, -0.2) is 0 Å². The number of hydrogen-bond donors (Lipinski definition) is 1. The topological polar surface area (TPSA) is 73.0 Å². The first-order valence-electron chi connectivity index (χ1n) is 7.61. The molecule has 3 rings (SSSR count). The predicted octanol–water partition coefficient (Wildman–Crippen LogP) is 3.59. The fourth-order valence-corrected chi connectivity index (χ4v) is 3.84. The lowest BCUT2D eigenvalue weighted by Gasteiger charge is -2.12. The number of carbonyl (C=O) groups excluding carboxylic acids is 1. The largest absolute Gasteiger partial charge is 0.461 e. The highest BCUT2D eigenvalue weighted by Crippen LogP contribution is 2.24. The van der Waals surface area contributed by atoms with Gasteiger partial charge in [0.2, 0.25) is 5.91 Å². The molecule has 0 saturated heterocycles. The maximum Gasteiger partial charge on any atom is 0.230 e. The van der Waals surface area contributed by atoms with E-state index >= 15 is 0 Å². The summed E-state index contributed by atoms with van der Waals surface area (Å²) in [5, 5.41) is 14.1. The number of thiophene rings is 1. The van der Waals surface area contributed by atoms with E-state index in [2.05, 4.69) is 15.5 Å². The highest BCUT2D eigenvalue weighted by atomic mass is 32.2. The van der Waals surface area contributed by atoms with E-state index in [9.17, 15) is 4.79 Å². The van der Waals surface area contributed by atoms with Crippen LogP contribution in [0.15, 0.2) is 45.5 Å². The van der Waals surface area contributed by atoms with Crippen molar-refractivity contribution in [3.63, 3.8) is 0 Å². The number of furan rings is 1. The van der Waals surface area contributed by atoms with Crippen LogP contribution in [0.2, 0.25) is 0 Å². The molecule has 0 aliphatic rings. The van der Waals surface area contributed by atoms with Crippen LogP contribution in [0.4, 0.5) is 0 Å². The number of aromatic nitrogens is 3. The lowest BCUT2D eigenvalue weighted by atomic mass is 10.3. The molecule has 0 saturated carbocycles. The van der Waals surface area contributed by atoms with E-state index in [0.29, 0.717) is 29.0 Å². The van der Waals surface area contributed by atoms with Gasteiger partial charge >= 0.3 is 0 Å². The zero-order valence-electron chi connectivity index (χ0n) is 13.4. The Morgan fingerprint density at radius 1 is 1.42 bits per heavy atom. The van der Waals surface area contributed by atoms with Crippen molar-refractivity contribution in [1.29, 1.82) is 0 Å². The molecular formula is C16H18N4O2S2. The second-order valence-electron chi connectivity index (χ2n) is 5.12. The minimum absolute atomic E-state index is 0.0147. The highest BCUT2D eigenvalue weighted by molar-refractivity contribution is 7.99. The van der Waals surface area contributed by atoms with E-state index < -0.39 is 0 Å². The molecule has 3 aromatic rings. The Balaban J connectivity index is 1.61. The summed E-state index contributed by atoms with van der Waals surface area (Å²) in [7, 11) is 0. The van der Waals surface area contributed by atoms with Gasteiger partial charge in [-0.05, 0) is 37.4 Å². The lowest BCUT2D eigenvalue weighted by molar-refractivity contribution is -0.119. The molecule has 0 aliphatic carbocycles. The summed E-state index contributed by atoms with van der Waals surface area (Å²) in [6, 6.07) is 7.68. The van der Waals surface area contributed by atoms with Gasteiger partial charge in [0.1, 0.15) is 0 Å². The van der Waals surface area contributed by atoms with Crippen molar-refractivity contribution < 1.29 is 9.21 Å². The summed E-state index contributed by atoms with van der Waals surface area (Å²) >= 11 is 3.01. The molecule has 8 heteroatoms. The summed E-state index contributed by atoms with van der Waals surface area (Å²) in [5.41, 5.74) is 0. The molecule has 0 spiro atoms. The molecule has 3 heterocycles. The van der Waals surface area contributed by atoms with Crippen LogP contribution >= 0.6 is 23.1 Å². The van der Waals surface area contributed by atoms with E-state index in [1.165, 1.54) is 11.8 Å². The van der Waals surface area contributed by atoms with Gasteiger partial charge in [-0.3, -0.25) is 9.36 Å². The zero-order valence-corrected chi connectivity index (χ0v) is 15.1. The third-order valence-corrected chi connectivity index (χ3v) is 5.48. The molecule has 0 fully saturated rings. The van der Waals surface area contributed by atoms with Gasteiger partial charge in [-0.15, -0.1) is 21.5 Å². The summed E-state index contributed by atoms with van der Waals surface area (Å²) in [4.78, 5) is 13.3. The summed E-state index contributed by atoms with van der Waals surface area (Å²) in [6.45, 7) is 4.70. The van der Waals surface area contributed by atoms with Crippen LogP contribution in [0.1, 0.15) is 24.8 Å². The van der Waals surface area contributed by atoms with E-state index in [1.54, 1.807) is 17.6 Å². The number of carbonyl (C=O) groups is 1. The average molecular weight is 362 g/mol. The van der Waals surface area contributed by atoms with Crippen LogP contribution in [-0.2, 0) is 11.3 Å². The first kappa shape index (κ1) is 16.8. The Labute approximate surface area is 148 Å². The monoisotopic (exact) mass is 362 g/mol.